The highest BCUT2D eigenvalue weighted by molar-refractivity contribution is 7.89. The van der Waals surface area contributed by atoms with Crippen LogP contribution < -0.4 is 15.4 Å². The van der Waals surface area contributed by atoms with Gasteiger partial charge >= 0.3 is 6.03 Å². The van der Waals surface area contributed by atoms with Gasteiger partial charge in [-0.2, -0.15) is 0 Å². The molecule has 2 aliphatic heterocycles. The highest BCUT2D eigenvalue weighted by Crippen LogP contribution is 2.37. The van der Waals surface area contributed by atoms with E-state index in [9.17, 15) is 18.0 Å². The van der Waals surface area contributed by atoms with Gasteiger partial charge < -0.3 is 20.3 Å². The van der Waals surface area contributed by atoms with Gasteiger partial charge in [0.25, 0.3) is 0 Å². The van der Waals surface area contributed by atoms with Crippen LogP contribution in [-0.2, 0) is 26.0 Å². The summed E-state index contributed by atoms with van der Waals surface area (Å²) in [5, 5.41) is 6.93. The minimum absolute atomic E-state index is 0.0668. The van der Waals surface area contributed by atoms with Crippen molar-refractivity contribution >= 4 is 38.4 Å². The Kier molecular flexibility index (Phi) is 7.13. The number of sulfonamides is 1. The fourth-order valence-electron chi connectivity index (χ4n) is 5.08. The third kappa shape index (κ3) is 5.93. The standard InChI is InChI=1S/C29H34N4O5S/c1-28(2,3)32-39(36,37)25-14-8-11-21-22(25)12-7-13-23(21)30-26(34)24(15-20-9-5-4-6-10-20)31-27(35)33-16-29(17-33)18-38-19-29/h4-14,24,32H,15-19H2,1-3H3,(H,30,34)(H,31,35)/t24-/m0/s1. The first-order valence-electron chi connectivity index (χ1n) is 13.0. The summed E-state index contributed by atoms with van der Waals surface area (Å²) >= 11 is 0. The van der Waals surface area contributed by atoms with E-state index in [0.29, 0.717) is 49.2 Å². The van der Waals surface area contributed by atoms with Crippen molar-refractivity contribution in [2.45, 2.75) is 43.7 Å². The van der Waals surface area contributed by atoms with Gasteiger partial charge in [-0.3, -0.25) is 4.79 Å². The maximum absolute atomic E-state index is 13.6. The molecule has 9 nitrogen and oxygen atoms in total. The van der Waals surface area contributed by atoms with Crippen molar-refractivity contribution < 1.29 is 22.7 Å². The van der Waals surface area contributed by atoms with Gasteiger partial charge in [-0.15, -0.1) is 0 Å². The monoisotopic (exact) mass is 550 g/mol. The van der Waals surface area contributed by atoms with Crippen LogP contribution in [0.25, 0.3) is 10.8 Å². The maximum atomic E-state index is 13.6. The fraction of sp³-hybridized carbons (Fsp3) is 0.379. The van der Waals surface area contributed by atoms with Gasteiger partial charge in [0.1, 0.15) is 6.04 Å². The lowest BCUT2D eigenvalue weighted by atomic mass is 9.78. The third-order valence-electron chi connectivity index (χ3n) is 6.92. The number of fused-ring (bicyclic) bond motifs is 1. The number of carbonyl (C=O) groups excluding carboxylic acids is 2. The number of carbonyl (C=O) groups is 2. The highest BCUT2D eigenvalue weighted by atomic mass is 32.2. The molecule has 0 aromatic heterocycles. The Labute approximate surface area is 229 Å². The van der Waals surface area contributed by atoms with Crippen LogP contribution in [0.1, 0.15) is 26.3 Å². The Bertz CT molecular complexity index is 1490. The molecule has 2 fully saturated rings. The van der Waals surface area contributed by atoms with Crippen molar-refractivity contribution in [2.75, 3.05) is 31.6 Å². The zero-order chi connectivity index (χ0) is 27.8. The number of nitrogens with zero attached hydrogens (tertiary/aromatic N) is 1. The lowest BCUT2D eigenvalue weighted by molar-refractivity contribution is -0.175. The van der Waals surface area contributed by atoms with E-state index in [-0.39, 0.29) is 22.2 Å². The Morgan fingerprint density at radius 1 is 0.949 bits per heavy atom. The summed E-state index contributed by atoms with van der Waals surface area (Å²) in [6.45, 7) is 7.89. The fourth-order valence-corrected chi connectivity index (χ4v) is 6.72. The minimum Gasteiger partial charge on any atom is -0.380 e. The Morgan fingerprint density at radius 2 is 1.62 bits per heavy atom. The van der Waals surface area contributed by atoms with Crippen LogP contribution in [-0.4, -0.2) is 63.1 Å². The topological polar surface area (TPSA) is 117 Å². The molecule has 3 aromatic rings. The van der Waals surface area contributed by atoms with Gasteiger partial charge in [0.2, 0.25) is 15.9 Å². The average molecular weight is 551 g/mol. The van der Waals surface area contributed by atoms with Crippen LogP contribution in [0.3, 0.4) is 0 Å². The summed E-state index contributed by atoms with van der Waals surface area (Å²) in [4.78, 5) is 28.4. The zero-order valence-electron chi connectivity index (χ0n) is 22.4. The van der Waals surface area contributed by atoms with Gasteiger partial charge in [-0.25, -0.2) is 17.9 Å². The van der Waals surface area contributed by atoms with Crippen LogP contribution in [0.2, 0.25) is 0 Å². The summed E-state index contributed by atoms with van der Waals surface area (Å²) in [7, 11) is -3.81. The Morgan fingerprint density at radius 3 is 2.26 bits per heavy atom. The number of likely N-dealkylation sites (tertiary alicyclic amines) is 1. The molecule has 2 heterocycles. The molecule has 1 atom stereocenters. The highest BCUT2D eigenvalue weighted by Gasteiger charge is 2.51. The number of hydrogen-bond acceptors (Lipinski definition) is 5. The maximum Gasteiger partial charge on any atom is 0.318 e. The Balaban J connectivity index is 1.39. The molecular weight excluding hydrogens is 516 g/mol. The number of amides is 3. The first-order valence-corrected chi connectivity index (χ1v) is 14.5. The molecule has 10 heteroatoms. The lowest BCUT2D eigenvalue weighted by Gasteiger charge is -2.54. The molecule has 2 aliphatic rings. The average Bonchev–Trinajstić information content (AvgIpc) is 2.81. The van der Waals surface area contributed by atoms with Crippen molar-refractivity contribution in [1.29, 1.82) is 0 Å². The first-order chi connectivity index (χ1) is 18.4. The van der Waals surface area contributed by atoms with E-state index < -0.39 is 21.6 Å². The molecular formula is C29H34N4O5S. The molecule has 0 saturated carbocycles. The largest absolute Gasteiger partial charge is 0.380 e. The molecule has 3 amide bonds. The molecule has 0 radical (unpaired) electrons. The summed E-state index contributed by atoms with van der Waals surface area (Å²) in [6.07, 6.45) is 0.306. The van der Waals surface area contributed by atoms with Gasteiger partial charge in [-0.1, -0.05) is 54.6 Å². The van der Waals surface area contributed by atoms with E-state index in [0.717, 1.165) is 5.56 Å². The second kappa shape index (κ2) is 10.3. The van der Waals surface area contributed by atoms with E-state index in [4.69, 9.17) is 4.74 Å². The number of urea groups is 1. The SMILES string of the molecule is CC(C)(C)NS(=O)(=O)c1cccc2c(NC(=O)[C@H](Cc3ccccc3)NC(=O)N3CC4(COC4)C3)cccc12. The molecule has 3 aromatic carbocycles. The lowest BCUT2D eigenvalue weighted by Crippen LogP contribution is -2.69. The molecule has 206 valence electrons. The molecule has 2 saturated heterocycles. The van der Waals surface area contributed by atoms with Gasteiger partial charge in [0.05, 0.1) is 23.5 Å². The van der Waals surface area contributed by atoms with E-state index in [1.807, 2.05) is 30.3 Å². The molecule has 39 heavy (non-hydrogen) atoms. The minimum atomic E-state index is -3.81. The third-order valence-corrected chi connectivity index (χ3v) is 8.74. The zero-order valence-corrected chi connectivity index (χ0v) is 23.2. The summed E-state index contributed by atoms with van der Waals surface area (Å²) in [6, 6.07) is 18.5. The second-order valence-corrected chi connectivity index (χ2v) is 13.2. The summed E-state index contributed by atoms with van der Waals surface area (Å²) < 4.78 is 34.3. The van der Waals surface area contributed by atoms with Gasteiger partial charge in [-0.05, 0) is 38.5 Å². The molecule has 5 rings (SSSR count). The predicted octanol–water partition coefficient (Wildman–Crippen LogP) is 3.51. The van der Waals surface area contributed by atoms with Gasteiger partial charge in [0.15, 0.2) is 0 Å². The van der Waals surface area contributed by atoms with Crippen LogP contribution >= 0.6 is 0 Å². The van der Waals surface area contributed by atoms with Crippen molar-refractivity contribution in [3.63, 3.8) is 0 Å². The van der Waals surface area contributed by atoms with Crippen molar-refractivity contribution in [3.8, 4) is 0 Å². The second-order valence-electron chi connectivity index (χ2n) is 11.5. The quantitative estimate of drug-likeness (QED) is 0.416. The predicted molar refractivity (Wildman–Crippen MR) is 150 cm³/mol. The van der Waals surface area contributed by atoms with E-state index in [1.165, 1.54) is 0 Å². The number of ether oxygens (including phenoxy) is 1. The van der Waals surface area contributed by atoms with Crippen LogP contribution in [0.5, 0.6) is 0 Å². The van der Waals surface area contributed by atoms with E-state index in [1.54, 1.807) is 62.1 Å². The normalized spacial score (nSPS) is 17.3. The Hall–Kier alpha value is -3.47. The smallest absolute Gasteiger partial charge is 0.318 e. The molecule has 0 bridgehead atoms. The first kappa shape index (κ1) is 27.1. The van der Waals surface area contributed by atoms with E-state index >= 15 is 0 Å². The van der Waals surface area contributed by atoms with Crippen LogP contribution in [0.4, 0.5) is 10.5 Å². The summed E-state index contributed by atoms with van der Waals surface area (Å²) in [5.74, 6) is -0.386. The van der Waals surface area contributed by atoms with Crippen LogP contribution in [0, 0.1) is 5.41 Å². The molecule has 0 unspecified atom stereocenters. The van der Waals surface area contributed by atoms with Crippen molar-refractivity contribution in [1.82, 2.24) is 14.9 Å². The number of hydrogen-bond donors (Lipinski definition) is 3. The summed E-state index contributed by atoms with van der Waals surface area (Å²) in [5.41, 5.74) is 0.784. The number of benzene rings is 3. The molecule has 0 aliphatic carbocycles. The molecule has 1 spiro atoms. The van der Waals surface area contributed by atoms with Crippen LogP contribution in [0.15, 0.2) is 71.6 Å². The van der Waals surface area contributed by atoms with Crippen molar-refractivity contribution in [2.24, 2.45) is 5.41 Å². The molecule has 3 N–H and O–H groups in total. The number of nitrogens with one attached hydrogen (secondary N) is 3. The number of anilines is 1. The van der Waals surface area contributed by atoms with Crippen molar-refractivity contribution in [3.05, 3.63) is 72.3 Å². The van der Waals surface area contributed by atoms with E-state index in [2.05, 4.69) is 15.4 Å². The number of rotatable bonds is 7. The van der Waals surface area contributed by atoms with Gasteiger partial charge in [0, 0.05) is 41.5 Å².